The van der Waals surface area contributed by atoms with Crippen LogP contribution in [0.5, 0.6) is 0 Å². The first kappa shape index (κ1) is 19.3. The molecular weight excluding hydrogens is 411 g/mol. The summed E-state index contributed by atoms with van der Waals surface area (Å²) in [5, 5.41) is 6.06. The second-order valence-corrected chi connectivity index (χ2v) is 7.54. The zero-order valence-electron chi connectivity index (χ0n) is 16.0. The van der Waals surface area contributed by atoms with Crippen molar-refractivity contribution in [1.29, 1.82) is 0 Å². The fourth-order valence-corrected chi connectivity index (χ4v) is 3.49. The number of aromatic amines is 1. The molecule has 0 spiro atoms. The molecule has 7 nitrogen and oxygen atoms in total. The standard InChI is InChI=1S/C21H16F3N5O2/c22-21(23,24)20(6-7-20)16-10-17(29-31-16)28-18(30)9-12-1-3-13(4-2-12)15-11-26-19-14(27-15)5-8-25-19/h1-5,8,10-11H,6-7,9H2,(H,25,26)(H,28,29,30). The summed E-state index contributed by atoms with van der Waals surface area (Å²) in [5.74, 6) is -0.694. The predicted octanol–water partition coefficient (Wildman–Crippen LogP) is 4.39. The highest BCUT2D eigenvalue weighted by Gasteiger charge is 2.66. The highest BCUT2D eigenvalue weighted by atomic mass is 19.4. The Kier molecular flexibility index (Phi) is 4.31. The van der Waals surface area contributed by atoms with E-state index in [1.807, 2.05) is 18.2 Å². The van der Waals surface area contributed by atoms with E-state index >= 15 is 0 Å². The van der Waals surface area contributed by atoms with E-state index in [9.17, 15) is 18.0 Å². The average Bonchev–Trinajstić information content (AvgIpc) is 3.22. The summed E-state index contributed by atoms with van der Waals surface area (Å²) in [6, 6.07) is 10.2. The monoisotopic (exact) mass is 427 g/mol. The quantitative estimate of drug-likeness (QED) is 0.493. The maximum Gasteiger partial charge on any atom is 0.401 e. The minimum absolute atomic E-state index is 0.0257. The van der Waals surface area contributed by atoms with Gasteiger partial charge in [-0.1, -0.05) is 29.4 Å². The number of halogens is 3. The summed E-state index contributed by atoms with van der Waals surface area (Å²) in [4.78, 5) is 24.1. The number of H-pyrrole nitrogens is 1. The summed E-state index contributed by atoms with van der Waals surface area (Å²) < 4.78 is 44.4. The van der Waals surface area contributed by atoms with E-state index in [2.05, 4.69) is 25.4 Å². The van der Waals surface area contributed by atoms with Crippen molar-refractivity contribution in [3.63, 3.8) is 0 Å². The molecule has 5 rings (SSSR count). The van der Waals surface area contributed by atoms with Crippen molar-refractivity contribution in [1.82, 2.24) is 20.1 Å². The number of hydrogen-bond acceptors (Lipinski definition) is 5. The molecule has 1 aromatic carbocycles. The van der Waals surface area contributed by atoms with Crippen molar-refractivity contribution in [2.75, 3.05) is 5.32 Å². The van der Waals surface area contributed by atoms with Crippen molar-refractivity contribution in [3.05, 3.63) is 60.1 Å². The van der Waals surface area contributed by atoms with Gasteiger partial charge in [0.25, 0.3) is 0 Å². The molecule has 1 fully saturated rings. The van der Waals surface area contributed by atoms with Crippen molar-refractivity contribution in [2.24, 2.45) is 0 Å². The lowest BCUT2D eigenvalue weighted by molar-refractivity contribution is -0.165. The highest BCUT2D eigenvalue weighted by molar-refractivity contribution is 5.91. The maximum atomic E-state index is 13.2. The van der Waals surface area contributed by atoms with Crippen LogP contribution in [0.15, 0.2) is 53.3 Å². The number of anilines is 1. The first-order valence-electron chi connectivity index (χ1n) is 9.57. The fourth-order valence-electron chi connectivity index (χ4n) is 3.49. The Hall–Kier alpha value is -3.69. The SMILES string of the molecule is O=C(Cc1ccc(-c2cnc3[nH]ccc3n2)cc1)Nc1cc(C2(C(F)(F)F)CC2)on1. The summed E-state index contributed by atoms with van der Waals surface area (Å²) in [6.07, 6.45) is -1.00. The van der Waals surface area contributed by atoms with E-state index in [4.69, 9.17) is 4.52 Å². The molecule has 0 aliphatic heterocycles. The van der Waals surface area contributed by atoms with Crippen LogP contribution in [0.2, 0.25) is 0 Å². The Bertz CT molecular complexity index is 1260. The van der Waals surface area contributed by atoms with Gasteiger partial charge < -0.3 is 14.8 Å². The van der Waals surface area contributed by atoms with E-state index in [0.717, 1.165) is 22.7 Å². The number of alkyl halides is 3. The summed E-state index contributed by atoms with van der Waals surface area (Å²) >= 11 is 0. The van der Waals surface area contributed by atoms with E-state index < -0.39 is 17.5 Å². The number of nitrogens with one attached hydrogen (secondary N) is 2. The number of carbonyl (C=O) groups is 1. The van der Waals surface area contributed by atoms with E-state index in [1.165, 1.54) is 0 Å². The van der Waals surface area contributed by atoms with Gasteiger partial charge in [-0.25, -0.2) is 9.97 Å². The van der Waals surface area contributed by atoms with Gasteiger partial charge in [-0.2, -0.15) is 13.2 Å². The molecule has 158 valence electrons. The van der Waals surface area contributed by atoms with Gasteiger partial charge in [0.05, 0.1) is 18.3 Å². The third kappa shape index (κ3) is 3.54. The zero-order valence-corrected chi connectivity index (χ0v) is 16.0. The van der Waals surface area contributed by atoms with Crippen LogP contribution in [0.3, 0.4) is 0 Å². The number of fused-ring (bicyclic) bond motifs is 1. The molecule has 1 aliphatic rings. The zero-order chi connectivity index (χ0) is 21.6. The average molecular weight is 427 g/mol. The highest BCUT2D eigenvalue weighted by Crippen LogP contribution is 2.59. The Morgan fingerprint density at radius 1 is 1.19 bits per heavy atom. The minimum atomic E-state index is -4.40. The number of aromatic nitrogens is 4. The molecular formula is C21H16F3N5O2. The van der Waals surface area contributed by atoms with Gasteiger partial charge in [-0.05, 0) is 24.5 Å². The molecule has 0 atom stereocenters. The van der Waals surface area contributed by atoms with Gasteiger partial charge in [0.1, 0.15) is 10.9 Å². The van der Waals surface area contributed by atoms with Gasteiger partial charge >= 0.3 is 6.18 Å². The topological polar surface area (TPSA) is 96.7 Å². The normalized spacial score (nSPS) is 15.2. The van der Waals surface area contributed by atoms with Crippen molar-refractivity contribution >= 4 is 22.9 Å². The second-order valence-electron chi connectivity index (χ2n) is 7.54. The van der Waals surface area contributed by atoms with Crippen LogP contribution in [0.1, 0.15) is 24.2 Å². The van der Waals surface area contributed by atoms with Crippen LogP contribution in [0, 0.1) is 0 Å². The molecule has 1 saturated carbocycles. The number of hydrogen-bond donors (Lipinski definition) is 2. The maximum absolute atomic E-state index is 13.2. The molecule has 3 heterocycles. The molecule has 4 aromatic rings. The lowest BCUT2D eigenvalue weighted by Crippen LogP contribution is -2.28. The number of benzene rings is 1. The van der Waals surface area contributed by atoms with Crippen LogP contribution >= 0.6 is 0 Å². The van der Waals surface area contributed by atoms with Crippen LogP contribution in [-0.4, -0.2) is 32.2 Å². The third-order valence-corrected chi connectivity index (χ3v) is 5.42. The number of amides is 1. The van der Waals surface area contributed by atoms with E-state index in [-0.39, 0.29) is 30.8 Å². The van der Waals surface area contributed by atoms with Crippen LogP contribution in [0.25, 0.3) is 22.4 Å². The summed E-state index contributed by atoms with van der Waals surface area (Å²) in [7, 11) is 0. The summed E-state index contributed by atoms with van der Waals surface area (Å²) in [6.45, 7) is 0. The van der Waals surface area contributed by atoms with Gasteiger partial charge in [-0.15, -0.1) is 0 Å². The molecule has 3 aromatic heterocycles. The molecule has 0 radical (unpaired) electrons. The predicted molar refractivity (Wildman–Crippen MR) is 105 cm³/mol. The molecule has 2 N–H and O–H groups in total. The number of nitrogens with zero attached hydrogens (tertiary/aromatic N) is 3. The molecule has 31 heavy (non-hydrogen) atoms. The number of carbonyl (C=O) groups excluding carboxylic acids is 1. The second kappa shape index (κ2) is 6.93. The van der Waals surface area contributed by atoms with Crippen LogP contribution in [0.4, 0.5) is 19.0 Å². The Balaban J connectivity index is 1.24. The van der Waals surface area contributed by atoms with Gasteiger partial charge in [-0.3, -0.25) is 4.79 Å². The summed E-state index contributed by atoms with van der Waals surface area (Å²) in [5.41, 5.74) is 1.78. The smallest absolute Gasteiger partial charge is 0.358 e. The van der Waals surface area contributed by atoms with Crippen molar-refractivity contribution in [3.8, 4) is 11.3 Å². The molecule has 10 heteroatoms. The molecule has 1 aliphatic carbocycles. The molecule has 0 unspecified atom stereocenters. The fraction of sp³-hybridized carbons (Fsp3) is 0.238. The van der Waals surface area contributed by atoms with Gasteiger partial charge in [0, 0.05) is 17.8 Å². The molecule has 0 bridgehead atoms. The Morgan fingerprint density at radius 2 is 1.97 bits per heavy atom. The van der Waals surface area contributed by atoms with E-state index in [0.29, 0.717) is 11.3 Å². The largest absolute Gasteiger partial charge is 0.401 e. The van der Waals surface area contributed by atoms with Crippen LogP contribution < -0.4 is 5.32 Å². The lowest BCUT2D eigenvalue weighted by atomic mass is 10.0. The van der Waals surface area contributed by atoms with Gasteiger partial charge in [0.2, 0.25) is 5.91 Å². The van der Waals surface area contributed by atoms with Gasteiger partial charge in [0.15, 0.2) is 17.2 Å². The Labute approximate surface area is 173 Å². The van der Waals surface area contributed by atoms with Crippen LogP contribution in [-0.2, 0) is 16.6 Å². The first-order valence-corrected chi connectivity index (χ1v) is 9.57. The number of rotatable bonds is 5. The van der Waals surface area contributed by atoms with Crippen molar-refractivity contribution < 1.29 is 22.5 Å². The third-order valence-electron chi connectivity index (χ3n) is 5.42. The molecule has 0 saturated heterocycles. The first-order chi connectivity index (χ1) is 14.8. The molecule has 1 amide bonds. The lowest BCUT2D eigenvalue weighted by Gasteiger charge is -2.14. The minimum Gasteiger partial charge on any atom is -0.358 e. The van der Waals surface area contributed by atoms with Crippen molar-refractivity contribution in [2.45, 2.75) is 30.9 Å². The van der Waals surface area contributed by atoms with E-state index in [1.54, 1.807) is 24.5 Å². The Morgan fingerprint density at radius 3 is 2.68 bits per heavy atom.